The molecule has 0 saturated heterocycles. The molecule has 1 unspecified atom stereocenters. The summed E-state index contributed by atoms with van der Waals surface area (Å²) < 4.78 is 43.2. The van der Waals surface area contributed by atoms with Crippen molar-refractivity contribution in [3.63, 3.8) is 0 Å². The van der Waals surface area contributed by atoms with Crippen molar-refractivity contribution in [2.75, 3.05) is 33.9 Å². The Morgan fingerprint density at radius 1 is 0.915 bits per heavy atom. The smallest absolute Gasteiger partial charge is 0.550 e. The van der Waals surface area contributed by atoms with Gasteiger partial charge in [-0.05, 0) is 60.4 Å². The zero-order valence-corrected chi connectivity index (χ0v) is 28.4. The van der Waals surface area contributed by atoms with Gasteiger partial charge in [-0.25, -0.2) is 9.59 Å². The average molecular weight is 661 g/mol. The van der Waals surface area contributed by atoms with E-state index in [-0.39, 0.29) is 48.7 Å². The van der Waals surface area contributed by atoms with Crippen molar-refractivity contribution in [3.05, 3.63) is 76.9 Å². The number of carbonyl (C=O) groups is 3. The summed E-state index contributed by atoms with van der Waals surface area (Å²) in [4.78, 5) is 36.9. The first-order valence-electron chi connectivity index (χ1n) is 14.6. The number of carboxylic acid groups (broad SMARTS) is 2. The zero-order valence-electron chi connectivity index (χ0n) is 26.4. The van der Waals surface area contributed by atoms with Crippen LogP contribution in [0.15, 0.2) is 54.6 Å². The van der Waals surface area contributed by atoms with Gasteiger partial charge in [-0.15, -0.1) is 0 Å². The van der Waals surface area contributed by atoms with Crippen LogP contribution in [0, 0.1) is 5.92 Å². The zero-order chi connectivity index (χ0) is 32.8. The number of fused-ring (bicyclic) bond motifs is 2. The van der Waals surface area contributed by atoms with E-state index in [1.54, 1.807) is 49.4 Å². The third-order valence-corrected chi connectivity index (χ3v) is 7.62. The number of carboxylic acids is 1. The van der Waals surface area contributed by atoms with Crippen molar-refractivity contribution < 1.29 is 92.0 Å². The van der Waals surface area contributed by atoms with E-state index >= 15 is 0 Å². The second-order valence-corrected chi connectivity index (χ2v) is 10.4. The summed E-state index contributed by atoms with van der Waals surface area (Å²) in [5, 5.41) is 22.0. The minimum Gasteiger partial charge on any atom is -0.550 e. The summed E-state index contributed by atoms with van der Waals surface area (Å²) >= 11 is 0. The van der Waals surface area contributed by atoms with Gasteiger partial charge >= 0.3 is 48.0 Å². The Hall–Kier alpha value is -4.17. The van der Waals surface area contributed by atoms with Crippen LogP contribution in [0.1, 0.15) is 54.4 Å². The first-order valence-corrected chi connectivity index (χ1v) is 14.6. The minimum atomic E-state index is -1.77. The van der Waals surface area contributed by atoms with Crippen LogP contribution < -0.4 is 58.3 Å². The fourth-order valence-corrected chi connectivity index (χ4v) is 5.74. The number of aliphatic carboxylic acids is 1. The number of methoxy groups -OCH3 is 1. The van der Waals surface area contributed by atoms with Gasteiger partial charge in [-0.3, -0.25) is 4.74 Å². The molecule has 13 nitrogen and oxygen atoms in total. The molecule has 0 bridgehead atoms. The Morgan fingerprint density at radius 3 is 2.36 bits per heavy atom. The molecule has 1 heterocycles. The molecule has 1 aliphatic heterocycles. The van der Waals surface area contributed by atoms with E-state index < -0.39 is 48.9 Å². The van der Waals surface area contributed by atoms with E-state index in [1.165, 1.54) is 13.2 Å². The summed E-state index contributed by atoms with van der Waals surface area (Å²) in [6, 6.07) is 15.5. The number of ether oxygens (including phenoxy) is 8. The molecule has 3 aromatic carbocycles. The summed E-state index contributed by atoms with van der Waals surface area (Å²) in [6.07, 6.45) is -2.63. The summed E-state index contributed by atoms with van der Waals surface area (Å²) in [7, 11) is 1.43. The maximum absolute atomic E-state index is 13.1. The number of hydrogen-bond acceptors (Lipinski definition) is 12. The van der Waals surface area contributed by atoms with Gasteiger partial charge in [0.05, 0.1) is 20.3 Å². The van der Waals surface area contributed by atoms with Crippen LogP contribution in [0.3, 0.4) is 0 Å². The van der Waals surface area contributed by atoms with Crippen molar-refractivity contribution in [1.29, 1.82) is 0 Å². The van der Waals surface area contributed by atoms with Gasteiger partial charge in [0.25, 0.3) is 0 Å². The van der Waals surface area contributed by atoms with Gasteiger partial charge in [0, 0.05) is 35.4 Å². The topological polar surface area (TPSA) is 168 Å². The quantitative estimate of drug-likeness (QED) is 0.147. The first kappa shape index (κ1) is 35.7. The molecule has 14 heteroatoms. The number of rotatable bonds is 14. The molecule has 47 heavy (non-hydrogen) atoms. The Bertz CT molecular complexity index is 1590. The van der Waals surface area contributed by atoms with Gasteiger partial charge in [-0.2, -0.15) is 0 Å². The molecule has 244 valence electrons. The predicted octanol–water partition coefficient (Wildman–Crippen LogP) is 0.797. The second kappa shape index (κ2) is 16.1. The number of carbonyl (C=O) groups excluding carboxylic acids is 2. The van der Waals surface area contributed by atoms with Gasteiger partial charge in [0.1, 0.15) is 17.2 Å². The van der Waals surface area contributed by atoms with Crippen molar-refractivity contribution >= 4 is 18.1 Å². The van der Waals surface area contributed by atoms with E-state index in [9.17, 15) is 19.5 Å². The molecular weight excluding hydrogens is 627 g/mol. The SMILES string of the molecule is CCCOc1ccc2c(c1)[C@@H](c1ccc(OC)cc1OC(OCOC(=O)O)C(=O)OCC)[C@H](C(=O)[O-])[C@H]2c1ccc2c(c1)OCO2.[Na+]. The van der Waals surface area contributed by atoms with Crippen molar-refractivity contribution in [2.24, 2.45) is 5.92 Å². The molecule has 0 amide bonds. The van der Waals surface area contributed by atoms with Crippen molar-refractivity contribution in [1.82, 2.24) is 0 Å². The van der Waals surface area contributed by atoms with E-state index in [0.29, 0.717) is 46.3 Å². The fourth-order valence-electron chi connectivity index (χ4n) is 5.74. The minimum absolute atomic E-state index is 0. The van der Waals surface area contributed by atoms with Crippen LogP contribution in [-0.4, -0.2) is 63.4 Å². The van der Waals surface area contributed by atoms with E-state index in [2.05, 4.69) is 4.74 Å². The first-order chi connectivity index (χ1) is 22.2. The van der Waals surface area contributed by atoms with Crippen molar-refractivity contribution in [3.8, 4) is 28.7 Å². The van der Waals surface area contributed by atoms with Gasteiger partial charge < -0.3 is 48.2 Å². The van der Waals surface area contributed by atoms with E-state index in [1.807, 2.05) is 13.0 Å². The van der Waals surface area contributed by atoms with E-state index in [0.717, 1.165) is 12.0 Å². The summed E-state index contributed by atoms with van der Waals surface area (Å²) in [5.74, 6) is -3.05. The molecule has 5 rings (SSSR count). The standard InChI is InChI=1S/C33H34O13.Na/c1-4-12-41-20-8-9-21-23(14-20)28(29(30(34)35)27(21)18-6-11-24-26(13-18)43-16-42-24)22-10-7-19(39-3)15-25(22)46-32(31(36)40-5-2)44-17-45-33(37)38;/h6-11,13-15,27-29,32H,4-5,12,16-17H2,1-3H3,(H,34,35)(H,37,38);/q;+1/p-1/t27-,28+,29+,32?;/m0./s1. The summed E-state index contributed by atoms with van der Waals surface area (Å²) in [6.45, 7) is 3.20. The largest absolute Gasteiger partial charge is 1.00 e. The van der Waals surface area contributed by atoms with Crippen LogP contribution in [0.5, 0.6) is 28.7 Å². The van der Waals surface area contributed by atoms with Gasteiger partial charge in [0.2, 0.25) is 6.79 Å². The van der Waals surface area contributed by atoms with Crippen LogP contribution in [0.2, 0.25) is 0 Å². The Kier molecular flexibility index (Phi) is 12.2. The molecule has 1 N–H and O–H groups in total. The molecule has 4 atom stereocenters. The maximum atomic E-state index is 13.1. The van der Waals surface area contributed by atoms with Crippen molar-refractivity contribution in [2.45, 2.75) is 38.4 Å². The fraction of sp³-hybridized carbons (Fsp3) is 0.364. The number of hydrogen-bond donors (Lipinski definition) is 1. The Morgan fingerprint density at radius 2 is 1.66 bits per heavy atom. The van der Waals surface area contributed by atoms with Crippen LogP contribution in [0.25, 0.3) is 0 Å². The molecular formula is C33H33NaO13. The molecule has 0 saturated carbocycles. The van der Waals surface area contributed by atoms with Gasteiger partial charge in [-0.1, -0.05) is 25.1 Å². The molecule has 0 spiro atoms. The predicted molar refractivity (Wildman–Crippen MR) is 156 cm³/mol. The van der Waals surface area contributed by atoms with E-state index in [4.69, 9.17) is 38.3 Å². The summed E-state index contributed by atoms with van der Waals surface area (Å²) in [5.41, 5.74) is 2.39. The monoisotopic (exact) mass is 660 g/mol. The Balaban J connectivity index is 0.00000500. The number of esters is 1. The molecule has 3 aromatic rings. The molecule has 0 radical (unpaired) electrons. The van der Waals surface area contributed by atoms with Gasteiger partial charge in [0.15, 0.2) is 18.3 Å². The normalized spacial score (nSPS) is 17.9. The second-order valence-electron chi connectivity index (χ2n) is 10.4. The Labute approximate surface area is 292 Å². The third-order valence-electron chi connectivity index (χ3n) is 7.62. The molecule has 0 aromatic heterocycles. The molecule has 1 aliphatic carbocycles. The average Bonchev–Trinajstić information content (AvgIpc) is 3.65. The van der Waals surface area contributed by atoms with Crippen LogP contribution in [0.4, 0.5) is 4.79 Å². The van der Waals surface area contributed by atoms with Crippen LogP contribution >= 0.6 is 0 Å². The van der Waals surface area contributed by atoms with Crippen LogP contribution in [-0.2, 0) is 23.8 Å². The molecule has 2 aliphatic rings. The third kappa shape index (κ3) is 7.87. The maximum Gasteiger partial charge on any atom is 1.00 e. The number of benzene rings is 3. The molecule has 0 fully saturated rings.